The van der Waals surface area contributed by atoms with Crippen molar-refractivity contribution >= 4 is 34.1 Å². The van der Waals surface area contributed by atoms with Crippen molar-refractivity contribution in [2.75, 3.05) is 10.6 Å². The van der Waals surface area contributed by atoms with Crippen LogP contribution in [-0.4, -0.2) is 54.8 Å². The Morgan fingerprint density at radius 3 is 2.40 bits per heavy atom. The van der Waals surface area contributed by atoms with E-state index in [1.54, 1.807) is 13.0 Å². The lowest BCUT2D eigenvalue weighted by Gasteiger charge is -2.13. The number of hydrogen-bond donors (Lipinski definition) is 5. The van der Waals surface area contributed by atoms with Gasteiger partial charge in [-0.1, -0.05) is 72.9 Å². The van der Waals surface area contributed by atoms with Crippen LogP contribution in [0.25, 0.3) is 0 Å². The molecule has 4 aromatic rings. The molecule has 0 fully saturated rings. The van der Waals surface area contributed by atoms with Crippen LogP contribution in [0.1, 0.15) is 53.6 Å². The van der Waals surface area contributed by atoms with E-state index in [9.17, 15) is 19.8 Å². The number of benzene rings is 2. The van der Waals surface area contributed by atoms with Gasteiger partial charge >= 0.3 is 0 Å². The molecule has 2 heterocycles. The van der Waals surface area contributed by atoms with E-state index in [-0.39, 0.29) is 12.3 Å². The van der Waals surface area contributed by atoms with Gasteiger partial charge in [-0.3, -0.25) is 9.59 Å². The van der Waals surface area contributed by atoms with Gasteiger partial charge in [0.2, 0.25) is 16.9 Å². The highest BCUT2D eigenvalue weighted by Gasteiger charge is 2.13. The van der Waals surface area contributed by atoms with E-state index >= 15 is 0 Å². The molecule has 226 valence electrons. The third kappa shape index (κ3) is 10.8. The van der Waals surface area contributed by atoms with Crippen molar-refractivity contribution in [1.82, 2.24) is 25.7 Å². The zero-order chi connectivity index (χ0) is 30.4. The highest BCUT2D eigenvalue weighted by Crippen LogP contribution is 2.19. The first kappa shape index (κ1) is 31.7. The zero-order valence-electron chi connectivity index (χ0n) is 24.1. The minimum atomic E-state index is -1.01. The third-order valence-corrected chi connectivity index (χ3v) is 7.52. The number of aliphatic hydroxyl groups is 2. The molecular weight excluding hydrogens is 566 g/mol. The molecule has 0 bridgehead atoms. The second kappa shape index (κ2) is 16.4. The standard InChI is InChI=1S/C31H37N7O4S/c1-2-25(39)30(42)32-20-23-12-8-11-22(17-23)19-28(41)34-31-38-37-29(43-31)14-7-6-13-24-15-16-26(36-35-24)33-27(40)18-21-9-4-3-5-10-21/h3-5,8-12,15-17,25,28,39,41H,2,6-7,13-14,18-20H2,1H3,(H,32,42)(H,34,38)(H,33,36,40). The molecule has 0 saturated carbocycles. The lowest BCUT2D eigenvalue weighted by molar-refractivity contribution is -0.129. The van der Waals surface area contributed by atoms with Crippen molar-refractivity contribution in [3.05, 3.63) is 94.1 Å². The van der Waals surface area contributed by atoms with Crippen LogP contribution in [0.5, 0.6) is 0 Å². The van der Waals surface area contributed by atoms with Gasteiger partial charge in [-0.25, -0.2) is 0 Å². The van der Waals surface area contributed by atoms with Crippen LogP contribution in [0, 0.1) is 0 Å². The summed E-state index contributed by atoms with van der Waals surface area (Å²) in [5.74, 6) is -0.0938. The number of amides is 2. The molecular formula is C31H37N7O4S. The Morgan fingerprint density at radius 1 is 0.860 bits per heavy atom. The van der Waals surface area contributed by atoms with Crippen molar-refractivity contribution in [2.24, 2.45) is 0 Å². The minimum absolute atomic E-state index is 0.132. The Kier molecular flexibility index (Phi) is 12.1. The molecule has 43 heavy (non-hydrogen) atoms. The average Bonchev–Trinajstić information content (AvgIpc) is 3.45. The van der Waals surface area contributed by atoms with Crippen molar-refractivity contribution < 1.29 is 19.8 Å². The van der Waals surface area contributed by atoms with Gasteiger partial charge in [0.1, 0.15) is 17.3 Å². The first-order valence-electron chi connectivity index (χ1n) is 14.3. The summed E-state index contributed by atoms with van der Waals surface area (Å²) < 4.78 is 0. The number of aromatic nitrogens is 4. The smallest absolute Gasteiger partial charge is 0.249 e. The molecule has 2 atom stereocenters. The SMILES string of the molecule is CCC(O)C(=O)NCc1cccc(CC(O)Nc2nnc(CCCCc3ccc(NC(=O)Cc4ccccc4)nn3)s2)c1. The predicted octanol–water partition coefficient (Wildman–Crippen LogP) is 3.43. The number of unbranched alkanes of at least 4 members (excludes halogenated alkanes) is 1. The minimum Gasteiger partial charge on any atom is -0.383 e. The highest BCUT2D eigenvalue weighted by atomic mass is 32.1. The summed E-state index contributed by atoms with van der Waals surface area (Å²) in [5.41, 5.74) is 3.58. The van der Waals surface area contributed by atoms with Gasteiger partial charge < -0.3 is 26.2 Å². The topological polar surface area (TPSA) is 162 Å². The molecule has 12 heteroatoms. The molecule has 2 unspecified atom stereocenters. The summed E-state index contributed by atoms with van der Waals surface area (Å²) in [6.45, 7) is 2.05. The van der Waals surface area contributed by atoms with Crippen LogP contribution in [0.15, 0.2) is 66.7 Å². The van der Waals surface area contributed by atoms with Crippen LogP contribution in [-0.2, 0) is 41.8 Å². The number of carbonyl (C=O) groups is 2. The first-order valence-corrected chi connectivity index (χ1v) is 15.2. The number of hydrogen-bond acceptors (Lipinski definition) is 10. The largest absolute Gasteiger partial charge is 0.383 e. The van der Waals surface area contributed by atoms with Crippen LogP contribution in [0.2, 0.25) is 0 Å². The Hall–Kier alpha value is -4.26. The third-order valence-electron chi connectivity index (χ3n) is 6.60. The molecule has 2 amide bonds. The lowest BCUT2D eigenvalue weighted by Crippen LogP contribution is -2.33. The van der Waals surface area contributed by atoms with Crippen LogP contribution in [0.3, 0.4) is 0 Å². The maximum atomic E-state index is 12.2. The van der Waals surface area contributed by atoms with Gasteiger partial charge in [0.05, 0.1) is 12.1 Å². The monoisotopic (exact) mass is 603 g/mol. The summed E-state index contributed by atoms with van der Waals surface area (Å²) in [4.78, 5) is 24.0. The summed E-state index contributed by atoms with van der Waals surface area (Å²) >= 11 is 1.41. The maximum Gasteiger partial charge on any atom is 0.249 e. The fourth-order valence-corrected chi connectivity index (χ4v) is 5.13. The fraction of sp³-hybridized carbons (Fsp3) is 0.355. The number of aliphatic hydroxyl groups excluding tert-OH is 2. The number of nitrogens with one attached hydrogen (secondary N) is 3. The predicted molar refractivity (Wildman–Crippen MR) is 165 cm³/mol. The Balaban J connectivity index is 1.14. The van der Waals surface area contributed by atoms with Gasteiger partial charge in [-0.2, -0.15) is 5.10 Å². The molecule has 0 aliphatic rings. The first-order chi connectivity index (χ1) is 20.9. The fourth-order valence-electron chi connectivity index (χ4n) is 4.30. The quantitative estimate of drug-likeness (QED) is 0.0954. The number of aryl methyl sites for hydroxylation is 2. The number of nitrogens with zero attached hydrogens (tertiary/aromatic N) is 4. The van der Waals surface area contributed by atoms with Crippen molar-refractivity contribution in [2.45, 2.75) is 70.7 Å². The highest BCUT2D eigenvalue weighted by molar-refractivity contribution is 7.15. The summed E-state index contributed by atoms with van der Waals surface area (Å²) in [6, 6.07) is 20.8. The van der Waals surface area contributed by atoms with Crippen LogP contribution < -0.4 is 16.0 Å². The van der Waals surface area contributed by atoms with Gasteiger partial charge in [-0.05, 0) is 54.5 Å². The second-order valence-corrected chi connectivity index (χ2v) is 11.2. The van der Waals surface area contributed by atoms with Gasteiger partial charge in [-0.15, -0.1) is 15.3 Å². The maximum absolute atomic E-state index is 12.2. The lowest BCUT2D eigenvalue weighted by atomic mass is 10.1. The van der Waals surface area contributed by atoms with E-state index in [0.717, 1.165) is 53.1 Å². The van der Waals surface area contributed by atoms with Crippen molar-refractivity contribution in [3.63, 3.8) is 0 Å². The molecule has 0 radical (unpaired) electrons. The molecule has 0 aliphatic heterocycles. The van der Waals surface area contributed by atoms with E-state index in [0.29, 0.717) is 30.3 Å². The molecule has 4 rings (SSSR count). The molecule has 0 saturated heterocycles. The number of carbonyl (C=O) groups excluding carboxylic acids is 2. The van der Waals surface area contributed by atoms with E-state index in [1.165, 1.54) is 11.3 Å². The van der Waals surface area contributed by atoms with Crippen molar-refractivity contribution in [1.29, 1.82) is 0 Å². The van der Waals surface area contributed by atoms with Gasteiger partial charge in [0.25, 0.3) is 0 Å². The van der Waals surface area contributed by atoms with Crippen LogP contribution >= 0.6 is 11.3 Å². The molecule has 0 aliphatic carbocycles. The van der Waals surface area contributed by atoms with Gasteiger partial charge in [0, 0.05) is 19.4 Å². The Labute approximate surface area is 254 Å². The summed E-state index contributed by atoms with van der Waals surface area (Å²) in [7, 11) is 0. The molecule has 11 nitrogen and oxygen atoms in total. The number of rotatable bonds is 16. The number of anilines is 2. The molecule has 0 spiro atoms. The van der Waals surface area contributed by atoms with Crippen molar-refractivity contribution in [3.8, 4) is 0 Å². The van der Waals surface area contributed by atoms with Crippen LogP contribution in [0.4, 0.5) is 10.9 Å². The van der Waals surface area contributed by atoms with E-state index in [2.05, 4.69) is 36.3 Å². The summed E-state index contributed by atoms with van der Waals surface area (Å²) in [6.07, 6.45) is 2.45. The molecule has 5 N–H and O–H groups in total. The van der Waals surface area contributed by atoms with E-state index in [1.807, 2.05) is 60.7 Å². The van der Waals surface area contributed by atoms with E-state index < -0.39 is 18.2 Å². The average molecular weight is 604 g/mol. The summed E-state index contributed by atoms with van der Waals surface area (Å²) in [5, 5.41) is 46.8. The molecule has 2 aromatic heterocycles. The van der Waals surface area contributed by atoms with Gasteiger partial charge in [0.15, 0.2) is 5.82 Å². The second-order valence-electron chi connectivity index (χ2n) is 10.2. The Bertz CT molecular complexity index is 1450. The normalized spacial score (nSPS) is 12.3. The Morgan fingerprint density at radius 2 is 1.63 bits per heavy atom. The zero-order valence-corrected chi connectivity index (χ0v) is 24.9. The molecule has 2 aromatic carbocycles. The van der Waals surface area contributed by atoms with E-state index in [4.69, 9.17) is 0 Å².